The van der Waals surface area contributed by atoms with Gasteiger partial charge in [-0.2, -0.15) is 0 Å². The minimum Gasteiger partial charge on any atom is -0.494 e. The van der Waals surface area contributed by atoms with Crippen molar-refractivity contribution in [1.29, 1.82) is 0 Å². The number of halogens is 1. The van der Waals surface area contributed by atoms with Gasteiger partial charge in [-0.25, -0.2) is 12.8 Å². The second-order valence-corrected chi connectivity index (χ2v) is 7.38. The summed E-state index contributed by atoms with van der Waals surface area (Å²) in [5.74, 6) is -0.149. The highest BCUT2D eigenvalue weighted by molar-refractivity contribution is 7.92. The van der Waals surface area contributed by atoms with Crippen molar-refractivity contribution in [3.63, 3.8) is 0 Å². The van der Waals surface area contributed by atoms with Crippen molar-refractivity contribution in [3.05, 3.63) is 84.2 Å². The number of methoxy groups -OCH3 is 1. The molecule has 0 unspecified atom stereocenters. The Morgan fingerprint density at radius 2 is 1.67 bits per heavy atom. The normalized spacial score (nSPS) is 11.0. The maximum atomic E-state index is 13.5. The minimum absolute atomic E-state index is 0.0924. The Morgan fingerprint density at radius 3 is 2.33 bits per heavy atom. The van der Waals surface area contributed by atoms with E-state index >= 15 is 0 Å². The zero-order valence-corrected chi connectivity index (χ0v) is 15.4. The monoisotopic (exact) mass is 387 g/mol. The molecule has 0 bridgehead atoms. The molecule has 0 saturated carbocycles. The molecule has 0 saturated heterocycles. The lowest BCUT2D eigenvalue weighted by molar-refractivity contribution is 0.306. The number of anilines is 1. The molecule has 5 nitrogen and oxygen atoms in total. The van der Waals surface area contributed by atoms with Crippen LogP contribution in [0.4, 0.5) is 10.1 Å². The largest absolute Gasteiger partial charge is 0.494 e. The average molecular weight is 387 g/mol. The van der Waals surface area contributed by atoms with Crippen LogP contribution in [0.5, 0.6) is 11.5 Å². The molecular formula is C20H18FNO4S. The van der Waals surface area contributed by atoms with Crippen molar-refractivity contribution in [3.8, 4) is 11.5 Å². The second-order valence-electron chi connectivity index (χ2n) is 5.70. The number of hydrogen-bond acceptors (Lipinski definition) is 4. The van der Waals surface area contributed by atoms with Gasteiger partial charge in [0.25, 0.3) is 10.0 Å². The van der Waals surface area contributed by atoms with Gasteiger partial charge in [-0.05, 0) is 42.0 Å². The third-order valence-electron chi connectivity index (χ3n) is 3.79. The van der Waals surface area contributed by atoms with Gasteiger partial charge in [0.2, 0.25) is 0 Å². The fourth-order valence-electron chi connectivity index (χ4n) is 2.38. The molecule has 0 radical (unpaired) electrons. The molecule has 0 aliphatic rings. The van der Waals surface area contributed by atoms with E-state index in [4.69, 9.17) is 9.47 Å². The summed E-state index contributed by atoms with van der Waals surface area (Å²) in [4.78, 5) is -0.0924. The van der Waals surface area contributed by atoms with Gasteiger partial charge in [0.1, 0.15) is 12.4 Å². The smallest absolute Gasteiger partial charge is 0.262 e. The lowest BCUT2D eigenvalue weighted by atomic mass is 10.2. The predicted octanol–water partition coefficient (Wildman–Crippen LogP) is 4.21. The van der Waals surface area contributed by atoms with E-state index in [0.717, 1.165) is 17.7 Å². The van der Waals surface area contributed by atoms with Crippen molar-refractivity contribution >= 4 is 15.7 Å². The first-order valence-electron chi connectivity index (χ1n) is 8.11. The van der Waals surface area contributed by atoms with Crippen molar-refractivity contribution in [2.75, 3.05) is 11.8 Å². The van der Waals surface area contributed by atoms with Crippen LogP contribution in [-0.4, -0.2) is 15.5 Å². The van der Waals surface area contributed by atoms with E-state index in [1.165, 1.54) is 13.2 Å². The molecule has 27 heavy (non-hydrogen) atoms. The third kappa shape index (κ3) is 4.77. The molecule has 7 heteroatoms. The molecule has 0 heterocycles. The summed E-state index contributed by atoms with van der Waals surface area (Å²) in [6.45, 7) is 0.418. The molecule has 0 spiro atoms. The molecule has 3 aromatic rings. The Kier molecular flexibility index (Phi) is 5.61. The lowest BCUT2D eigenvalue weighted by Gasteiger charge is -2.11. The van der Waals surface area contributed by atoms with Gasteiger partial charge in [0, 0.05) is 11.8 Å². The van der Waals surface area contributed by atoms with Crippen LogP contribution in [0.3, 0.4) is 0 Å². The highest BCUT2D eigenvalue weighted by Crippen LogP contribution is 2.24. The van der Waals surface area contributed by atoms with E-state index in [-0.39, 0.29) is 10.6 Å². The summed E-state index contributed by atoms with van der Waals surface area (Å²) in [6, 6.07) is 19.6. The number of rotatable bonds is 7. The summed E-state index contributed by atoms with van der Waals surface area (Å²) in [7, 11) is -2.59. The molecule has 3 rings (SSSR count). The second kappa shape index (κ2) is 8.09. The van der Waals surface area contributed by atoms with E-state index in [0.29, 0.717) is 18.0 Å². The Bertz CT molecular complexity index is 1010. The quantitative estimate of drug-likeness (QED) is 0.659. The molecule has 0 amide bonds. The van der Waals surface area contributed by atoms with Crippen molar-refractivity contribution < 1.29 is 22.3 Å². The van der Waals surface area contributed by atoms with Gasteiger partial charge in [-0.15, -0.1) is 0 Å². The molecule has 0 aliphatic carbocycles. The SMILES string of the molecule is COc1cc(S(=O)(=O)Nc2ccc(OCc3ccccc3)cc2)ccc1F. The highest BCUT2D eigenvalue weighted by atomic mass is 32.2. The summed E-state index contributed by atoms with van der Waals surface area (Å²) in [6.07, 6.45) is 0. The summed E-state index contributed by atoms with van der Waals surface area (Å²) >= 11 is 0. The first-order valence-corrected chi connectivity index (χ1v) is 9.59. The number of hydrogen-bond donors (Lipinski definition) is 1. The molecule has 0 aliphatic heterocycles. The number of benzene rings is 3. The van der Waals surface area contributed by atoms with Crippen molar-refractivity contribution in [1.82, 2.24) is 0 Å². The van der Waals surface area contributed by atoms with Crippen LogP contribution in [0.25, 0.3) is 0 Å². The Hall–Kier alpha value is -3.06. The minimum atomic E-state index is -3.87. The molecule has 0 fully saturated rings. The molecule has 0 atom stereocenters. The van der Waals surface area contributed by atoms with E-state index in [1.807, 2.05) is 30.3 Å². The van der Waals surface area contributed by atoms with Gasteiger partial charge in [-0.3, -0.25) is 4.72 Å². The van der Waals surface area contributed by atoms with Crippen LogP contribution >= 0.6 is 0 Å². The Labute approximate surface area is 157 Å². The van der Waals surface area contributed by atoms with Crippen LogP contribution in [0.15, 0.2) is 77.7 Å². The van der Waals surface area contributed by atoms with Crippen LogP contribution in [-0.2, 0) is 16.6 Å². The van der Waals surface area contributed by atoms with E-state index in [2.05, 4.69) is 4.72 Å². The van der Waals surface area contributed by atoms with E-state index in [1.54, 1.807) is 24.3 Å². The van der Waals surface area contributed by atoms with Crippen LogP contribution < -0.4 is 14.2 Å². The number of ether oxygens (including phenoxy) is 2. The summed E-state index contributed by atoms with van der Waals surface area (Å²) < 4.78 is 51.3. The van der Waals surface area contributed by atoms with Crippen LogP contribution in [0.1, 0.15) is 5.56 Å². The van der Waals surface area contributed by atoms with Gasteiger partial charge in [0.05, 0.1) is 12.0 Å². The van der Waals surface area contributed by atoms with Crippen LogP contribution in [0, 0.1) is 5.82 Å². The highest BCUT2D eigenvalue weighted by Gasteiger charge is 2.17. The zero-order valence-electron chi connectivity index (χ0n) is 14.6. The Balaban J connectivity index is 1.68. The molecule has 1 N–H and O–H groups in total. The average Bonchev–Trinajstić information content (AvgIpc) is 2.68. The zero-order chi connectivity index (χ0) is 19.3. The number of nitrogens with one attached hydrogen (secondary N) is 1. The third-order valence-corrected chi connectivity index (χ3v) is 5.17. The van der Waals surface area contributed by atoms with Gasteiger partial charge < -0.3 is 9.47 Å². The lowest BCUT2D eigenvalue weighted by Crippen LogP contribution is -2.13. The summed E-state index contributed by atoms with van der Waals surface area (Å²) in [5.41, 5.74) is 1.40. The van der Waals surface area contributed by atoms with Gasteiger partial charge in [-0.1, -0.05) is 30.3 Å². The van der Waals surface area contributed by atoms with Crippen molar-refractivity contribution in [2.24, 2.45) is 0 Å². The predicted molar refractivity (Wildman–Crippen MR) is 101 cm³/mol. The summed E-state index contributed by atoms with van der Waals surface area (Å²) in [5, 5.41) is 0. The Morgan fingerprint density at radius 1 is 0.963 bits per heavy atom. The molecular weight excluding hydrogens is 369 g/mol. The first-order chi connectivity index (χ1) is 13.0. The maximum absolute atomic E-state index is 13.5. The standard InChI is InChI=1S/C20H18FNO4S/c1-25-20-13-18(11-12-19(20)21)27(23,24)22-16-7-9-17(10-8-16)26-14-15-5-3-2-4-6-15/h2-13,22H,14H2,1H3. The molecule has 140 valence electrons. The first kappa shape index (κ1) is 18.7. The van der Waals surface area contributed by atoms with Crippen molar-refractivity contribution in [2.45, 2.75) is 11.5 Å². The fourth-order valence-corrected chi connectivity index (χ4v) is 3.46. The molecule has 0 aromatic heterocycles. The van der Waals surface area contributed by atoms with Crippen LogP contribution in [0.2, 0.25) is 0 Å². The maximum Gasteiger partial charge on any atom is 0.262 e. The van der Waals surface area contributed by atoms with E-state index < -0.39 is 15.8 Å². The fraction of sp³-hybridized carbons (Fsp3) is 0.100. The number of sulfonamides is 1. The topological polar surface area (TPSA) is 64.6 Å². The van der Waals surface area contributed by atoms with E-state index in [9.17, 15) is 12.8 Å². The van der Waals surface area contributed by atoms with Gasteiger partial charge >= 0.3 is 0 Å². The molecule has 3 aromatic carbocycles. The van der Waals surface area contributed by atoms with Gasteiger partial charge in [0.15, 0.2) is 11.6 Å².